The molecule has 8 heteroatoms. The number of carbonyl (C=O) groups excluding carboxylic acids is 1. The Morgan fingerprint density at radius 3 is 2.05 bits per heavy atom. The summed E-state index contributed by atoms with van der Waals surface area (Å²) in [6.07, 6.45) is 0. The van der Waals surface area contributed by atoms with Crippen LogP contribution in [0, 0.1) is 5.41 Å². The van der Waals surface area contributed by atoms with E-state index in [0.29, 0.717) is 48.9 Å². The number of hydrogen-bond donors (Lipinski definition) is 3. The maximum absolute atomic E-state index is 12.8. The number of aromatic nitrogens is 1. The lowest BCUT2D eigenvalue weighted by Gasteiger charge is -2.36. The number of pyridine rings is 1. The number of rotatable bonds is 6. The second kappa shape index (κ2) is 10.4. The molecule has 3 aromatic carbocycles. The van der Waals surface area contributed by atoms with Gasteiger partial charge in [0.15, 0.2) is 0 Å². The molecule has 186 valence electrons. The van der Waals surface area contributed by atoms with Gasteiger partial charge in [0, 0.05) is 31.7 Å². The minimum Gasteiger partial charge on any atom is -0.457 e. The number of para-hydroxylation sites is 1. The van der Waals surface area contributed by atoms with Gasteiger partial charge < -0.3 is 26.0 Å². The third-order valence-electron chi connectivity index (χ3n) is 6.36. The van der Waals surface area contributed by atoms with Crippen LogP contribution in [-0.2, 0) is 0 Å². The molecular weight excluding hydrogens is 464 g/mol. The molecule has 2 heterocycles. The molecule has 0 aliphatic carbocycles. The Kier molecular flexibility index (Phi) is 6.72. The molecule has 37 heavy (non-hydrogen) atoms. The van der Waals surface area contributed by atoms with Gasteiger partial charge in [0.25, 0.3) is 5.91 Å². The quantitative estimate of drug-likeness (QED) is 0.271. The van der Waals surface area contributed by atoms with Crippen molar-refractivity contribution in [2.75, 3.05) is 36.8 Å². The van der Waals surface area contributed by atoms with Gasteiger partial charge in [-0.1, -0.05) is 48.5 Å². The van der Waals surface area contributed by atoms with Crippen LogP contribution in [0.25, 0.3) is 11.1 Å². The molecule has 1 amide bonds. The molecule has 1 aliphatic rings. The van der Waals surface area contributed by atoms with Crippen LogP contribution < -0.4 is 21.1 Å². The van der Waals surface area contributed by atoms with Gasteiger partial charge >= 0.3 is 0 Å². The van der Waals surface area contributed by atoms with Gasteiger partial charge in [-0.05, 0) is 53.6 Å². The largest absolute Gasteiger partial charge is 0.457 e. The fraction of sp³-hybridized carbons (Fsp3) is 0.138. The fourth-order valence-corrected chi connectivity index (χ4v) is 4.45. The van der Waals surface area contributed by atoms with E-state index in [1.165, 1.54) is 0 Å². The van der Waals surface area contributed by atoms with Crippen LogP contribution >= 0.6 is 0 Å². The lowest BCUT2D eigenvalue weighted by atomic mass is 9.99. The van der Waals surface area contributed by atoms with Crippen LogP contribution in [0.4, 0.5) is 11.6 Å². The minimum atomic E-state index is -0.144. The predicted octanol–water partition coefficient (Wildman–Crippen LogP) is 4.37. The second-order valence-electron chi connectivity index (χ2n) is 8.79. The zero-order valence-electron chi connectivity index (χ0n) is 20.3. The summed E-state index contributed by atoms with van der Waals surface area (Å²) in [4.78, 5) is 21.3. The van der Waals surface area contributed by atoms with E-state index in [1.807, 2.05) is 95.9 Å². The van der Waals surface area contributed by atoms with Gasteiger partial charge in [0.1, 0.15) is 29.0 Å². The first-order valence-corrected chi connectivity index (χ1v) is 12.1. The van der Waals surface area contributed by atoms with E-state index in [-0.39, 0.29) is 17.6 Å². The first kappa shape index (κ1) is 23.9. The molecule has 1 saturated heterocycles. The minimum absolute atomic E-state index is 0.0261. The number of carbonyl (C=O) groups is 1. The van der Waals surface area contributed by atoms with Gasteiger partial charge in [-0.25, -0.2) is 4.98 Å². The van der Waals surface area contributed by atoms with Gasteiger partial charge in [-0.15, -0.1) is 0 Å². The molecule has 5 rings (SSSR count). The summed E-state index contributed by atoms with van der Waals surface area (Å²) < 4.78 is 5.91. The maximum atomic E-state index is 12.8. The Hall–Kier alpha value is -4.85. The van der Waals surface area contributed by atoms with Crippen LogP contribution in [0.5, 0.6) is 11.5 Å². The van der Waals surface area contributed by atoms with Gasteiger partial charge in [-0.3, -0.25) is 10.2 Å². The number of nitrogen functional groups attached to an aromatic ring is 2. The van der Waals surface area contributed by atoms with E-state index in [4.69, 9.17) is 21.6 Å². The number of anilines is 2. The summed E-state index contributed by atoms with van der Waals surface area (Å²) in [7, 11) is 0. The van der Waals surface area contributed by atoms with Gasteiger partial charge in [0.05, 0.1) is 5.56 Å². The second-order valence-corrected chi connectivity index (χ2v) is 8.79. The smallest absolute Gasteiger partial charge is 0.253 e. The molecule has 0 bridgehead atoms. The van der Waals surface area contributed by atoms with Crippen molar-refractivity contribution in [3.05, 3.63) is 102 Å². The van der Waals surface area contributed by atoms with E-state index in [2.05, 4.69) is 9.88 Å². The summed E-state index contributed by atoms with van der Waals surface area (Å²) in [6, 6.07) is 28.4. The average molecular weight is 493 g/mol. The SMILES string of the molecule is N=C(N)c1c(-c2ccc(Oc3ccccc3)cc2)cc(N2CCN(C(=O)c3ccccc3)CC2)nc1N. The van der Waals surface area contributed by atoms with Crippen LogP contribution in [-0.4, -0.2) is 47.8 Å². The normalized spacial score (nSPS) is 13.3. The Morgan fingerprint density at radius 1 is 0.838 bits per heavy atom. The van der Waals surface area contributed by atoms with Crippen molar-refractivity contribution in [3.8, 4) is 22.6 Å². The molecule has 1 aliphatic heterocycles. The van der Waals surface area contributed by atoms with E-state index in [1.54, 1.807) is 0 Å². The van der Waals surface area contributed by atoms with Crippen molar-refractivity contribution in [1.82, 2.24) is 9.88 Å². The molecule has 0 unspecified atom stereocenters. The first-order valence-electron chi connectivity index (χ1n) is 12.1. The predicted molar refractivity (Wildman–Crippen MR) is 146 cm³/mol. The Morgan fingerprint density at radius 2 is 1.43 bits per heavy atom. The van der Waals surface area contributed by atoms with Crippen molar-refractivity contribution in [2.24, 2.45) is 5.73 Å². The Bertz CT molecular complexity index is 1400. The summed E-state index contributed by atoms with van der Waals surface area (Å²) in [5.41, 5.74) is 14.9. The molecule has 0 radical (unpaired) electrons. The van der Waals surface area contributed by atoms with Crippen molar-refractivity contribution < 1.29 is 9.53 Å². The zero-order chi connectivity index (χ0) is 25.8. The maximum Gasteiger partial charge on any atom is 0.253 e. The highest BCUT2D eigenvalue weighted by molar-refractivity contribution is 6.06. The number of nitrogens with zero attached hydrogens (tertiary/aromatic N) is 3. The molecule has 0 atom stereocenters. The highest BCUT2D eigenvalue weighted by Gasteiger charge is 2.24. The standard InChI is InChI=1S/C29H28N6O2/c30-27(31)26-24(20-11-13-23(14-12-20)37-22-9-5-2-6-10-22)19-25(33-28(26)32)34-15-17-35(18-16-34)29(36)21-7-3-1-4-8-21/h1-14,19H,15-18H2,(H3,30,31)(H2,32,33). The lowest BCUT2D eigenvalue weighted by molar-refractivity contribution is 0.0746. The molecule has 0 spiro atoms. The van der Waals surface area contributed by atoms with Gasteiger partial charge in [-0.2, -0.15) is 0 Å². The van der Waals surface area contributed by atoms with Crippen molar-refractivity contribution in [3.63, 3.8) is 0 Å². The lowest BCUT2D eigenvalue weighted by Crippen LogP contribution is -2.49. The van der Waals surface area contributed by atoms with Crippen molar-refractivity contribution in [2.45, 2.75) is 0 Å². The third kappa shape index (κ3) is 5.23. The molecule has 0 saturated carbocycles. The molecule has 8 nitrogen and oxygen atoms in total. The Labute approximate surface area is 215 Å². The number of benzene rings is 3. The first-order chi connectivity index (χ1) is 18.0. The number of nitrogens with two attached hydrogens (primary N) is 2. The van der Waals surface area contributed by atoms with Crippen LogP contribution in [0.15, 0.2) is 91.0 Å². The summed E-state index contributed by atoms with van der Waals surface area (Å²) in [6.45, 7) is 2.39. The molecule has 4 aromatic rings. The fourth-order valence-electron chi connectivity index (χ4n) is 4.45. The van der Waals surface area contributed by atoms with Crippen LogP contribution in [0.2, 0.25) is 0 Å². The molecular formula is C29H28N6O2. The van der Waals surface area contributed by atoms with Crippen LogP contribution in [0.3, 0.4) is 0 Å². The summed E-state index contributed by atoms with van der Waals surface area (Å²) >= 11 is 0. The molecule has 1 aromatic heterocycles. The van der Waals surface area contributed by atoms with E-state index in [9.17, 15) is 4.79 Å². The topological polar surface area (TPSA) is 122 Å². The highest BCUT2D eigenvalue weighted by atomic mass is 16.5. The Balaban J connectivity index is 1.37. The number of piperazine rings is 1. The third-order valence-corrected chi connectivity index (χ3v) is 6.36. The van der Waals surface area contributed by atoms with Crippen LogP contribution in [0.1, 0.15) is 15.9 Å². The monoisotopic (exact) mass is 492 g/mol. The van der Waals surface area contributed by atoms with E-state index < -0.39 is 0 Å². The zero-order valence-corrected chi connectivity index (χ0v) is 20.3. The number of hydrogen-bond acceptors (Lipinski definition) is 6. The van der Waals surface area contributed by atoms with Gasteiger partial charge in [0.2, 0.25) is 0 Å². The molecule has 5 N–H and O–H groups in total. The van der Waals surface area contributed by atoms with Crippen molar-refractivity contribution >= 4 is 23.4 Å². The number of amidine groups is 1. The van der Waals surface area contributed by atoms with E-state index >= 15 is 0 Å². The van der Waals surface area contributed by atoms with E-state index in [0.717, 1.165) is 16.9 Å². The molecule has 1 fully saturated rings. The summed E-state index contributed by atoms with van der Waals surface area (Å²) in [5.74, 6) is 2.22. The number of nitrogens with one attached hydrogen (secondary N) is 1. The number of amides is 1. The average Bonchev–Trinajstić information content (AvgIpc) is 2.93. The summed E-state index contributed by atoms with van der Waals surface area (Å²) in [5, 5.41) is 8.10. The van der Waals surface area contributed by atoms with Crippen molar-refractivity contribution in [1.29, 1.82) is 5.41 Å². The highest BCUT2D eigenvalue weighted by Crippen LogP contribution is 2.33. The number of ether oxygens (including phenoxy) is 1.